The first-order valence-electron chi connectivity index (χ1n) is 13.3. The first kappa shape index (κ1) is 28.8. The Balaban J connectivity index is 2.07. The average molecular weight is 511 g/mol. The van der Waals surface area contributed by atoms with E-state index in [0.29, 0.717) is 12.5 Å². The van der Waals surface area contributed by atoms with Crippen molar-refractivity contribution in [2.45, 2.75) is 78.1 Å². The van der Waals surface area contributed by atoms with Crippen LogP contribution in [0.1, 0.15) is 60.8 Å². The third-order valence-electron chi connectivity index (χ3n) is 8.14. The first-order chi connectivity index (χ1) is 17.0. The maximum Gasteiger partial charge on any atom is 0.261 e. The van der Waals surface area contributed by atoms with Crippen molar-refractivity contribution in [2.75, 3.05) is 20.5 Å². The van der Waals surface area contributed by atoms with Gasteiger partial charge in [0, 0.05) is 7.11 Å². The molecule has 0 aliphatic heterocycles. The van der Waals surface area contributed by atoms with E-state index in [1.54, 1.807) is 7.11 Å². The summed E-state index contributed by atoms with van der Waals surface area (Å²) in [4.78, 5) is 0. The van der Waals surface area contributed by atoms with Crippen LogP contribution in [0.15, 0.2) is 72.3 Å². The summed E-state index contributed by atoms with van der Waals surface area (Å²) in [6.45, 7) is 14.3. The molecule has 0 saturated heterocycles. The van der Waals surface area contributed by atoms with Crippen LogP contribution in [0.3, 0.4) is 0 Å². The Morgan fingerprint density at radius 2 is 1.58 bits per heavy atom. The van der Waals surface area contributed by atoms with Gasteiger partial charge in [-0.05, 0) is 58.5 Å². The van der Waals surface area contributed by atoms with Gasteiger partial charge in [-0.25, -0.2) is 0 Å². The van der Waals surface area contributed by atoms with Gasteiger partial charge >= 0.3 is 0 Å². The van der Waals surface area contributed by atoms with Crippen LogP contribution >= 0.6 is 0 Å². The lowest BCUT2D eigenvalue weighted by Gasteiger charge is -2.47. The number of methoxy groups -OCH3 is 1. The number of ether oxygens (including phenoxy) is 2. The van der Waals surface area contributed by atoms with Crippen LogP contribution < -0.4 is 10.4 Å². The maximum atomic E-state index is 10.1. The van der Waals surface area contributed by atoms with Crippen molar-refractivity contribution in [3.63, 3.8) is 0 Å². The fourth-order valence-corrected chi connectivity index (χ4v) is 10.3. The summed E-state index contributed by atoms with van der Waals surface area (Å²) in [7, 11) is -1.00. The molecule has 0 fully saturated rings. The minimum atomic E-state index is -2.67. The Kier molecular flexibility index (Phi) is 9.75. The van der Waals surface area contributed by atoms with Gasteiger partial charge in [-0.3, -0.25) is 0 Å². The van der Waals surface area contributed by atoms with Gasteiger partial charge in [-0.2, -0.15) is 0 Å². The molecule has 0 amide bonds. The lowest BCUT2D eigenvalue weighted by atomic mass is 9.64. The zero-order chi connectivity index (χ0) is 26.4. The highest BCUT2D eigenvalue weighted by molar-refractivity contribution is 6.99. The van der Waals surface area contributed by atoms with Crippen LogP contribution in [0.5, 0.6) is 0 Å². The quantitative estimate of drug-likeness (QED) is 0.240. The van der Waals surface area contributed by atoms with Crippen LogP contribution in [-0.4, -0.2) is 46.1 Å². The molecule has 0 spiro atoms. The largest absolute Gasteiger partial charge is 0.403 e. The zero-order valence-corrected chi connectivity index (χ0v) is 24.3. The average Bonchev–Trinajstić information content (AvgIpc) is 2.85. The summed E-state index contributed by atoms with van der Waals surface area (Å²) < 4.78 is 18.6. The summed E-state index contributed by atoms with van der Waals surface area (Å²) in [6, 6.07) is 21.6. The normalized spacial score (nSPS) is 23.8. The predicted octanol–water partition coefficient (Wildman–Crippen LogP) is 5.69. The van der Waals surface area contributed by atoms with Crippen molar-refractivity contribution < 1.29 is 19.0 Å². The molecule has 2 aromatic carbocycles. The Morgan fingerprint density at radius 1 is 1.03 bits per heavy atom. The molecule has 0 aromatic heterocycles. The van der Waals surface area contributed by atoms with E-state index in [-0.39, 0.29) is 29.5 Å². The number of rotatable bonds is 11. The Morgan fingerprint density at radius 3 is 2.06 bits per heavy atom. The Labute approximate surface area is 219 Å². The molecule has 4 atom stereocenters. The zero-order valence-electron chi connectivity index (χ0n) is 23.3. The molecule has 0 radical (unpaired) electrons. The van der Waals surface area contributed by atoms with Crippen molar-refractivity contribution in [1.29, 1.82) is 0 Å². The molecule has 36 heavy (non-hydrogen) atoms. The molecule has 0 heterocycles. The first-order valence-corrected chi connectivity index (χ1v) is 15.2. The number of aliphatic hydroxyl groups is 1. The van der Waals surface area contributed by atoms with Gasteiger partial charge in [-0.1, -0.05) is 101 Å². The molecule has 1 unspecified atom stereocenters. The van der Waals surface area contributed by atoms with E-state index in [1.807, 2.05) is 6.92 Å². The highest BCUT2D eigenvalue weighted by atomic mass is 28.4. The van der Waals surface area contributed by atoms with E-state index < -0.39 is 8.32 Å². The van der Waals surface area contributed by atoms with E-state index in [9.17, 15) is 5.11 Å². The summed E-state index contributed by atoms with van der Waals surface area (Å²) >= 11 is 0. The van der Waals surface area contributed by atoms with E-state index in [1.165, 1.54) is 15.9 Å². The highest BCUT2D eigenvalue weighted by Crippen LogP contribution is 2.47. The van der Waals surface area contributed by atoms with Gasteiger partial charge in [0.15, 0.2) is 0 Å². The third-order valence-corrected chi connectivity index (χ3v) is 13.1. The highest BCUT2D eigenvalue weighted by Gasteiger charge is 2.51. The van der Waals surface area contributed by atoms with E-state index in [0.717, 1.165) is 19.3 Å². The lowest BCUT2D eigenvalue weighted by molar-refractivity contribution is -0.0707. The molecule has 1 aliphatic rings. The van der Waals surface area contributed by atoms with Crippen molar-refractivity contribution in [3.05, 3.63) is 72.3 Å². The van der Waals surface area contributed by atoms with Crippen LogP contribution in [0, 0.1) is 11.3 Å². The van der Waals surface area contributed by atoms with Crippen molar-refractivity contribution in [2.24, 2.45) is 11.3 Å². The molecule has 198 valence electrons. The SMILES string of the molecule is COCO[C@@H]1C=C(CO[Si](c2ccccc2)(c2ccccc2)C(C)(C)C)[C@](C)(CCC(C)O)[C@H](C)C1. The van der Waals surface area contributed by atoms with Crippen LogP contribution in [0.4, 0.5) is 0 Å². The molecule has 0 saturated carbocycles. The van der Waals surface area contributed by atoms with E-state index >= 15 is 0 Å². The number of hydrogen-bond donors (Lipinski definition) is 1. The number of benzene rings is 2. The summed E-state index contributed by atoms with van der Waals surface area (Å²) in [6.07, 6.45) is 4.56. The summed E-state index contributed by atoms with van der Waals surface area (Å²) in [5.41, 5.74) is 1.20. The predicted molar refractivity (Wildman–Crippen MR) is 151 cm³/mol. The lowest BCUT2D eigenvalue weighted by Crippen LogP contribution is -2.66. The molecule has 2 aromatic rings. The van der Waals surface area contributed by atoms with Gasteiger partial charge < -0.3 is 19.0 Å². The molecule has 1 aliphatic carbocycles. The molecule has 3 rings (SSSR count). The van der Waals surface area contributed by atoms with Crippen LogP contribution in [0.2, 0.25) is 5.04 Å². The second kappa shape index (κ2) is 12.2. The molecule has 0 bridgehead atoms. The van der Waals surface area contributed by atoms with Gasteiger partial charge in [-0.15, -0.1) is 0 Å². The number of aliphatic hydroxyl groups excluding tert-OH is 1. The minimum Gasteiger partial charge on any atom is -0.403 e. The molecular weight excluding hydrogens is 464 g/mol. The monoisotopic (exact) mass is 510 g/mol. The Bertz CT molecular complexity index is 928. The van der Waals surface area contributed by atoms with Gasteiger partial charge in [0.05, 0.1) is 18.8 Å². The molecular formula is C31H46O4Si. The van der Waals surface area contributed by atoms with Crippen molar-refractivity contribution >= 4 is 18.7 Å². The topological polar surface area (TPSA) is 47.9 Å². The third kappa shape index (κ3) is 6.20. The van der Waals surface area contributed by atoms with Crippen LogP contribution in [0.25, 0.3) is 0 Å². The maximum absolute atomic E-state index is 10.1. The molecule has 5 heteroatoms. The summed E-state index contributed by atoms with van der Waals surface area (Å²) in [5, 5.41) is 12.6. The van der Waals surface area contributed by atoms with Gasteiger partial charge in [0.2, 0.25) is 0 Å². The fraction of sp³-hybridized carbons (Fsp3) is 0.548. The second-order valence-corrected chi connectivity index (χ2v) is 16.0. The van der Waals surface area contributed by atoms with Crippen LogP contribution in [-0.2, 0) is 13.9 Å². The smallest absolute Gasteiger partial charge is 0.261 e. The molecule has 1 N–H and O–H groups in total. The van der Waals surface area contributed by atoms with Crippen molar-refractivity contribution in [3.8, 4) is 0 Å². The second-order valence-electron chi connectivity index (χ2n) is 11.7. The Hall–Kier alpha value is -1.76. The van der Waals surface area contributed by atoms with Crippen molar-refractivity contribution in [1.82, 2.24) is 0 Å². The van der Waals surface area contributed by atoms with Gasteiger partial charge in [0.1, 0.15) is 6.79 Å². The molecule has 4 nitrogen and oxygen atoms in total. The standard InChI is InChI=1S/C31H46O4Si/c1-24-20-27(34-23-33-7)21-26(31(24,6)19-18-25(2)32)22-35-36(30(3,4)5,28-14-10-8-11-15-28)29-16-12-9-13-17-29/h8-17,21,24-25,27,32H,18-20,22-23H2,1-7H3/t24-,25?,27+,31-/m1/s1. The van der Waals surface area contributed by atoms with E-state index in [2.05, 4.69) is 101 Å². The van der Waals surface area contributed by atoms with Gasteiger partial charge in [0.25, 0.3) is 8.32 Å². The summed E-state index contributed by atoms with van der Waals surface area (Å²) in [5.74, 6) is 0.390. The minimum absolute atomic E-state index is 0.00247. The fourth-order valence-electron chi connectivity index (χ4n) is 5.76. The number of hydrogen-bond acceptors (Lipinski definition) is 4. The van der Waals surface area contributed by atoms with E-state index in [4.69, 9.17) is 13.9 Å².